The Balaban J connectivity index is 0.000000641. The van der Waals surface area contributed by atoms with Gasteiger partial charge in [-0.1, -0.05) is 24.8 Å². The van der Waals surface area contributed by atoms with E-state index in [9.17, 15) is 13.2 Å². The lowest BCUT2D eigenvalue weighted by Crippen LogP contribution is -2.40. The number of sulfonamides is 1. The number of anilines is 1. The highest BCUT2D eigenvalue weighted by Crippen LogP contribution is 2.36. The van der Waals surface area contributed by atoms with Crippen molar-refractivity contribution in [3.05, 3.63) is 60.8 Å². The highest BCUT2D eigenvalue weighted by atomic mass is 32.2. The van der Waals surface area contributed by atoms with Crippen molar-refractivity contribution in [3.8, 4) is 21.0 Å². The van der Waals surface area contributed by atoms with Crippen LogP contribution in [0.2, 0.25) is 0 Å². The highest BCUT2D eigenvalue weighted by Gasteiger charge is 2.26. The van der Waals surface area contributed by atoms with Gasteiger partial charge in [0.15, 0.2) is 0 Å². The van der Waals surface area contributed by atoms with Crippen molar-refractivity contribution < 1.29 is 17.9 Å². The van der Waals surface area contributed by atoms with Crippen LogP contribution < -0.4 is 10.0 Å². The molecule has 188 valence electrons. The van der Waals surface area contributed by atoms with Crippen LogP contribution in [0.25, 0.3) is 27.1 Å². The molecule has 2 aromatic carbocycles. The number of benzene rings is 2. The van der Waals surface area contributed by atoms with Gasteiger partial charge in [-0.2, -0.15) is 0 Å². The van der Waals surface area contributed by atoms with Gasteiger partial charge in [0.2, 0.25) is 10.0 Å². The van der Waals surface area contributed by atoms with Crippen LogP contribution in [0.5, 0.6) is 0 Å². The third-order valence-electron chi connectivity index (χ3n) is 4.49. The maximum absolute atomic E-state index is 13.1. The van der Waals surface area contributed by atoms with Crippen molar-refractivity contribution in [3.63, 3.8) is 0 Å². The minimum absolute atomic E-state index is 0.0301. The highest BCUT2D eigenvalue weighted by molar-refractivity contribution is 7.89. The molecule has 0 fully saturated rings. The number of aromatic nitrogens is 1. The fraction of sp³-hybridized carbons (Fsp3) is 0.308. The summed E-state index contributed by atoms with van der Waals surface area (Å²) in [5, 5.41) is 3.93. The standard InChI is InChI=1S/C22H25N3O2S2.C4H8O2/c1-6-15-7-12-18(20(13-15)29(26,27)25-22(2,3)4)19-14-24-21(28-19)16-8-10-17(23-5)11-9-16;1-4(2)6-3-5/h6-14,23,25H,1H2,2-5H3;3-4H,1-2H3. The zero-order valence-corrected chi connectivity index (χ0v) is 22.6. The Bertz CT molecular complexity index is 1240. The molecule has 0 amide bonds. The Morgan fingerprint density at radius 2 is 1.77 bits per heavy atom. The molecular formula is C26H33N3O4S2. The first-order valence-electron chi connectivity index (χ1n) is 11.0. The van der Waals surface area contributed by atoms with Gasteiger partial charge in [0, 0.05) is 35.6 Å². The van der Waals surface area contributed by atoms with Crippen molar-refractivity contribution in [1.29, 1.82) is 0 Å². The summed E-state index contributed by atoms with van der Waals surface area (Å²) in [4.78, 5) is 14.9. The number of rotatable bonds is 8. The second kappa shape index (κ2) is 12.1. The van der Waals surface area contributed by atoms with Gasteiger partial charge < -0.3 is 10.1 Å². The predicted molar refractivity (Wildman–Crippen MR) is 145 cm³/mol. The molecule has 0 aliphatic heterocycles. The van der Waals surface area contributed by atoms with Crippen LogP contribution in [0.3, 0.4) is 0 Å². The number of thiazole rings is 1. The fourth-order valence-corrected chi connectivity index (χ4v) is 5.67. The zero-order valence-electron chi connectivity index (χ0n) is 21.0. The molecule has 0 aliphatic rings. The van der Waals surface area contributed by atoms with E-state index in [0.29, 0.717) is 12.0 Å². The summed E-state index contributed by atoms with van der Waals surface area (Å²) in [6.07, 6.45) is 3.40. The summed E-state index contributed by atoms with van der Waals surface area (Å²) in [5.41, 5.74) is 2.79. The van der Waals surface area contributed by atoms with Crippen molar-refractivity contribution in [2.24, 2.45) is 0 Å². The molecule has 2 N–H and O–H groups in total. The molecular weight excluding hydrogens is 482 g/mol. The Morgan fingerprint density at radius 1 is 1.11 bits per heavy atom. The third-order valence-corrected chi connectivity index (χ3v) is 7.37. The van der Waals surface area contributed by atoms with Crippen LogP contribution >= 0.6 is 11.3 Å². The topological polar surface area (TPSA) is 97.4 Å². The van der Waals surface area contributed by atoms with E-state index in [1.54, 1.807) is 32.2 Å². The second-order valence-corrected chi connectivity index (χ2v) is 11.6. The maximum Gasteiger partial charge on any atom is 0.293 e. The quantitative estimate of drug-likeness (QED) is 0.368. The number of carbonyl (C=O) groups excluding carboxylic acids is 1. The van der Waals surface area contributed by atoms with E-state index in [1.807, 2.05) is 64.2 Å². The number of hydrogen-bond acceptors (Lipinski definition) is 7. The van der Waals surface area contributed by atoms with Gasteiger partial charge in [-0.25, -0.2) is 18.1 Å². The maximum atomic E-state index is 13.1. The first kappa shape index (κ1) is 28.2. The predicted octanol–water partition coefficient (Wildman–Crippen LogP) is 5.81. The van der Waals surface area contributed by atoms with Crippen molar-refractivity contribution >= 4 is 39.6 Å². The molecule has 0 radical (unpaired) electrons. The third kappa shape index (κ3) is 8.31. The average molecular weight is 516 g/mol. The van der Waals surface area contributed by atoms with Gasteiger partial charge in [-0.3, -0.25) is 4.79 Å². The number of hydrogen-bond donors (Lipinski definition) is 2. The van der Waals surface area contributed by atoms with Crippen LogP contribution in [0.4, 0.5) is 5.69 Å². The minimum Gasteiger partial charge on any atom is -0.465 e. The second-order valence-electron chi connectivity index (χ2n) is 8.95. The smallest absolute Gasteiger partial charge is 0.293 e. The van der Waals surface area contributed by atoms with Gasteiger partial charge in [-0.05, 0) is 70.5 Å². The van der Waals surface area contributed by atoms with Crippen LogP contribution in [-0.4, -0.2) is 38.6 Å². The van der Waals surface area contributed by atoms with E-state index in [1.165, 1.54) is 11.3 Å². The molecule has 7 nitrogen and oxygen atoms in total. The van der Waals surface area contributed by atoms with Crippen LogP contribution in [0, 0.1) is 0 Å². The first-order valence-corrected chi connectivity index (χ1v) is 13.3. The van der Waals surface area contributed by atoms with E-state index in [4.69, 9.17) is 0 Å². The molecule has 1 aromatic heterocycles. The van der Waals surface area contributed by atoms with Gasteiger partial charge in [0.25, 0.3) is 6.47 Å². The number of nitrogens with one attached hydrogen (secondary N) is 2. The lowest BCUT2D eigenvalue weighted by molar-refractivity contribution is -0.131. The number of nitrogens with zero attached hydrogens (tertiary/aromatic N) is 1. The van der Waals surface area contributed by atoms with E-state index in [2.05, 4.69) is 26.3 Å². The van der Waals surface area contributed by atoms with Crippen molar-refractivity contribution in [1.82, 2.24) is 9.71 Å². The Hall–Kier alpha value is -3.01. The Labute approximate surface area is 212 Å². The van der Waals surface area contributed by atoms with Gasteiger partial charge in [0.1, 0.15) is 5.01 Å². The lowest BCUT2D eigenvalue weighted by atomic mass is 10.1. The SMILES string of the molecule is C=Cc1ccc(-c2cnc(-c3ccc(NC)cc3)s2)c(S(=O)(=O)NC(C)(C)C)c1.CC(C)OC=O. The molecule has 0 saturated heterocycles. The monoisotopic (exact) mass is 515 g/mol. The van der Waals surface area contributed by atoms with Crippen LogP contribution in [-0.2, 0) is 19.6 Å². The molecule has 35 heavy (non-hydrogen) atoms. The Morgan fingerprint density at radius 3 is 2.26 bits per heavy atom. The Kier molecular flexibility index (Phi) is 9.76. The van der Waals surface area contributed by atoms with Crippen LogP contribution in [0.1, 0.15) is 40.2 Å². The molecule has 0 unspecified atom stereocenters. The normalized spacial score (nSPS) is 11.4. The molecule has 0 spiro atoms. The first-order chi connectivity index (χ1) is 16.4. The summed E-state index contributed by atoms with van der Waals surface area (Å²) < 4.78 is 33.3. The fourth-order valence-electron chi connectivity index (χ4n) is 2.97. The average Bonchev–Trinajstić information content (AvgIpc) is 3.27. The lowest BCUT2D eigenvalue weighted by Gasteiger charge is -2.21. The summed E-state index contributed by atoms with van der Waals surface area (Å²) in [5.74, 6) is 0. The van der Waals surface area contributed by atoms with E-state index in [-0.39, 0.29) is 11.0 Å². The van der Waals surface area contributed by atoms with Crippen LogP contribution in [0.15, 0.2) is 60.1 Å². The van der Waals surface area contributed by atoms with Gasteiger partial charge in [-0.15, -0.1) is 11.3 Å². The summed E-state index contributed by atoms with van der Waals surface area (Å²) in [6.45, 7) is 13.3. The summed E-state index contributed by atoms with van der Waals surface area (Å²) >= 11 is 1.46. The molecule has 1 heterocycles. The minimum atomic E-state index is -3.72. The molecule has 0 bridgehead atoms. The summed E-state index contributed by atoms with van der Waals surface area (Å²) in [7, 11) is -1.85. The number of ether oxygens (including phenoxy) is 1. The van der Waals surface area contributed by atoms with Crippen molar-refractivity contribution in [2.75, 3.05) is 12.4 Å². The van der Waals surface area contributed by atoms with Gasteiger partial charge >= 0.3 is 0 Å². The zero-order chi connectivity index (χ0) is 26.2. The molecule has 3 aromatic rings. The van der Waals surface area contributed by atoms with E-state index >= 15 is 0 Å². The largest absolute Gasteiger partial charge is 0.465 e. The molecule has 0 atom stereocenters. The number of carbonyl (C=O) groups is 1. The molecule has 9 heteroatoms. The summed E-state index contributed by atoms with van der Waals surface area (Å²) in [6, 6.07) is 13.3. The van der Waals surface area contributed by atoms with Crippen molar-refractivity contribution in [2.45, 2.75) is 51.2 Å². The van der Waals surface area contributed by atoms with E-state index in [0.717, 1.165) is 26.7 Å². The van der Waals surface area contributed by atoms with Gasteiger partial charge in [0.05, 0.1) is 15.9 Å². The molecule has 0 aliphatic carbocycles. The molecule has 0 saturated carbocycles. The van der Waals surface area contributed by atoms with E-state index < -0.39 is 15.6 Å². The molecule has 3 rings (SSSR count).